The second-order valence-corrected chi connectivity index (χ2v) is 3.98. The van der Waals surface area contributed by atoms with Crippen molar-refractivity contribution in [1.82, 2.24) is 19.5 Å². The normalized spacial score (nSPS) is 10.9. The largest absolute Gasteiger partial charge is 0.343 e. The van der Waals surface area contributed by atoms with Gasteiger partial charge in [-0.1, -0.05) is 12.2 Å². The minimum atomic E-state index is 0.552. The summed E-state index contributed by atoms with van der Waals surface area (Å²) >= 11 is 5.24. The summed E-state index contributed by atoms with van der Waals surface area (Å²) in [5, 5.41) is 0. The first-order chi connectivity index (χ1) is 7.67. The topological polar surface area (TPSA) is 49.7 Å². The van der Waals surface area contributed by atoms with Crippen molar-refractivity contribution in [2.75, 3.05) is 18.0 Å². The van der Waals surface area contributed by atoms with Crippen molar-refractivity contribution in [2.45, 2.75) is 13.8 Å². The van der Waals surface area contributed by atoms with Crippen molar-refractivity contribution in [2.24, 2.45) is 7.05 Å². The molecule has 0 aliphatic carbocycles. The maximum absolute atomic E-state index is 5.24. The van der Waals surface area contributed by atoms with Gasteiger partial charge in [-0.15, -0.1) is 0 Å². The van der Waals surface area contributed by atoms with Gasteiger partial charge >= 0.3 is 0 Å². The van der Waals surface area contributed by atoms with Gasteiger partial charge in [0, 0.05) is 20.1 Å². The number of hydrogen-bond donors (Lipinski definition) is 1. The van der Waals surface area contributed by atoms with Crippen molar-refractivity contribution in [3.8, 4) is 0 Å². The molecule has 0 saturated heterocycles. The molecule has 0 aromatic carbocycles. The number of fused-ring (bicyclic) bond motifs is 1. The Bertz CT molecular complexity index is 552. The van der Waals surface area contributed by atoms with E-state index in [1.165, 1.54) is 0 Å². The molecule has 2 aromatic heterocycles. The fourth-order valence-corrected chi connectivity index (χ4v) is 1.93. The number of anilines is 1. The molecule has 16 heavy (non-hydrogen) atoms. The highest BCUT2D eigenvalue weighted by atomic mass is 32.1. The van der Waals surface area contributed by atoms with Crippen LogP contribution in [-0.2, 0) is 7.05 Å². The van der Waals surface area contributed by atoms with Crippen LogP contribution < -0.4 is 4.90 Å². The van der Waals surface area contributed by atoms with E-state index in [-0.39, 0.29) is 0 Å². The number of rotatable bonds is 3. The molecule has 2 rings (SSSR count). The SMILES string of the molecule is CCN(CC)c1nc(=S)c2ncn(C)c2[nH]1. The molecular weight excluding hydrogens is 222 g/mol. The molecule has 2 aromatic rings. The van der Waals surface area contributed by atoms with Crippen LogP contribution in [0.5, 0.6) is 0 Å². The van der Waals surface area contributed by atoms with E-state index in [9.17, 15) is 0 Å². The van der Waals surface area contributed by atoms with Gasteiger partial charge < -0.3 is 14.5 Å². The Morgan fingerprint density at radius 1 is 1.44 bits per heavy atom. The van der Waals surface area contributed by atoms with Crippen molar-refractivity contribution >= 4 is 29.3 Å². The zero-order valence-electron chi connectivity index (χ0n) is 9.69. The van der Waals surface area contributed by atoms with Gasteiger partial charge in [0.2, 0.25) is 5.95 Å². The van der Waals surface area contributed by atoms with Crippen LogP contribution in [0.15, 0.2) is 6.33 Å². The highest BCUT2D eigenvalue weighted by molar-refractivity contribution is 7.71. The summed E-state index contributed by atoms with van der Waals surface area (Å²) in [6.45, 7) is 5.99. The van der Waals surface area contributed by atoms with Gasteiger partial charge in [-0.25, -0.2) is 9.97 Å². The van der Waals surface area contributed by atoms with E-state index >= 15 is 0 Å². The molecule has 6 heteroatoms. The van der Waals surface area contributed by atoms with Gasteiger partial charge in [0.05, 0.1) is 6.33 Å². The lowest BCUT2D eigenvalue weighted by Crippen LogP contribution is -2.24. The van der Waals surface area contributed by atoms with Crippen LogP contribution in [0, 0.1) is 4.64 Å². The average molecular weight is 237 g/mol. The summed E-state index contributed by atoms with van der Waals surface area (Å²) in [7, 11) is 1.94. The third-order valence-corrected chi connectivity index (χ3v) is 2.92. The highest BCUT2D eigenvalue weighted by Crippen LogP contribution is 2.14. The Morgan fingerprint density at radius 3 is 2.75 bits per heavy atom. The predicted octanol–water partition coefficient (Wildman–Crippen LogP) is 1.87. The first-order valence-corrected chi connectivity index (χ1v) is 5.74. The molecule has 0 spiro atoms. The van der Waals surface area contributed by atoms with E-state index in [4.69, 9.17) is 12.2 Å². The third-order valence-electron chi connectivity index (χ3n) is 2.64. The molecule has 5 nitrogen and oxygen atoms in total. The molecule has 0 radical (unpaired) electrons. The molecule has 0 saturated carbocycles. The molecule has 0 amide bonds. The molecule has 86 valence electrons. The second kappa shape index (κ2) is 4.21. The van der Waals surface area contributed by atoms with Gasteiger partial charge in [-0.2, -0.15) is 0 Å². The fourth-order valence-electron chi connectivity index (χ4n) is 1.69. The summed E-state index contributed by atoms with van der Waals surface area (Å²) < 4.78 is 2.47. The first kappa shape index (κ1) is 11.1. The molecule has 0 aliphatic heterocycles. The van der Waals surface area contributed by atoms with Crippen LogP contribution in [0.1, 0.15) is 13.8 Å². The Balaban J connectivity index is 2.64. The second-order valence-electron chi connectivity index (χ2n) is 3.59. The van der Waals surface area contributed by atoms with E-state index in [1.807, 2.05) is 11.6 Å². The lowest BCUT2D eigenvalue weighted by atomic mass is 10.5. The standard InChI is InChI=1S/C10H15N5S/c1-4-15(5-2)10-12-8-7(9(16)13-10)11-6-14(8)3/h6H,4-5H2,1-3H3,(H,12,13,16). The van der Waals surface area contributed by atoms with Crippen LogP contribution in [0.2, 0.25) is 0 Å². The average Bonchev–Trinajstić information content (AvgIpc) is 2.63. The highest BCUT2D eigenvalue weighted by Gasteiger charge is 2.09. The smallest absolute Gasteiger partial charge is 0.205 e. The Kier molecular flexibility index (Phi) is 2.91. The molecule has 0 unspecified atom stereocenters. The van der Waals surface area contributed by atoms with E-state index < -0.39 is 0 Å². The molecule has 0 atom stereocenters. The van der Waals surface area contributed by atoms with Crippen LogP contribution in [-0.4, -0.2) is 32.6 Å². The Hall–Kier alpha value is -1.43. The van der Waals surface area contributed by atoms with Crippen LogP contribution in [0.4, 0.5) is 5.95 Å². The molecule has 0 bridgehead atoms. The van der Waals surface area contributed by atoms with Gasteiger partial charge in [0.1, 0.15) is 11.2 Å². The van der Waals surface area contributed by atoms with E-state index in [0.717, 1.165) is 30.2 Å². The fraction of sp³-hybridized carbons (Fsp3) is 0.500. The number of hydrogen-bond acceptors (Lipinski definition) is 4. The van der Waals surface area contributed by atoms with E-state index in [1.54, 1.807) is 6.33 Å². The molecule has 1 N–H and O–H groups in total. The number of nitrogens with zero attached hydrogens (tertiary/aromatic N) is 4. The van der Waals surface area contributed by atoms with Crippen molar-refractivity contribution in [1.29, 1.82) is 0 Å². The van der Waals surface area contributed by atoms with Gasteiger partial charge in [0.15, 0.2) is 4.64 Å². The number of H-pyrrole nitrogens is 1. The number of imidazole rings is 1. The number of aryl methyl sites for hydroxylation is 1. The molecule has 0 fully saturated rings. The van der Waals surface area contributed by atoms with Crippen molar-refractivity contribution in [3.05, 3.63) is 11.0 Å². The van der Waals surface area contributed by atoms with Crippen LogP contribution >= 0.6 is 12.2 Å². The molecular formula is C10H15N5S. The quantitative estimate of drug-likeness (QED) is 0.828. The number of aromatic amines is 1. The lowest BCUT2D eigenvalue weighted by Gasteiger charge is -2.19. The summed E-state index contributed by atoms with van der Waals surface area (Å²) in [6.07, 6.45) is 1.74. The van der Waals surface area contributed by atoms with Gasteiger partial charge in [-0.05, 0) is 13.8 Å². The Morgan fingerprint density at radius 2 is 2.12 bits per heavy atom. The first-order valence-electron chi connectivity index (χ1n) is 5.33. The monoisotopic (exact) mass is 237 g/mol. The van der Waals surface area contributed by atoms with E-state index in [0.29, 0.717) is 4.64 Å². The summed E-state index contributed by atoms with van der Waals surface area (Å²) in [4.78, 5) is 14.0. The Labute approximate surface area is 99.1 Å². The van der Waals surface area contributed by atoms with Gasteiger partial charge in [-0.3, -0.25) is 0 Å². The summed E-state index contributed by atoms with van der Waals surface area (Å²) in [5.74, 6) is 0.811. The maximum atomic E-state index is 5.24. The number of nitrogens with one attached hydrogen (secondary N) is 1. The zero-order chi connectivity index (χ0) is 11.7. The van der Waals surface area contributed by atoms with Crippen LogP contribution in [0.3, 0.4) is 0 Å². The van der Waals surface area contributed by atoms with Crippen LogP contribution in [0.25, 0.3) is 11.2 Å². The summed E-state index contributed by atoms with van der Waals surface area (Å²) in [5.41, 5.74) is 1.68. The predicted molar refractivity (Wildman–Crippen MR) is 67.3 cm³/mol. The van der Waals surface area contributed by atoms with Crippen molar-refractivity contribution in [3.63, 3.8) is 0 Å². The maximum Gasteiger partial charge on any atom is 0.205 e. The number of aromatic nitrogens is 4. The third kappa shape index (κ3) is 1.69. The van der Waals surface area contributed by atoms with Gasteiger partial charge in [0.25, 0.3) is 0 Å². The minimum Gasteiger partial charge on any atom is -0.343 e. The molecule has 2 heterocycles. The molecule has 0 aliphatic rings. The minimum absolute atomic E-state index is 0.552. The lowest BCUT2D eigenvalue weighted by molar-refractivity contribution is 0.819. The summed E-state index contributed by atoms with van der Waals surface area (Å²) in [6, 6.07) is 0. The zero-order valence-corrected chi connectivity index (χ0v) is 10.5. The van der Waals surface area contributed by atoms with E-state index in [2.05, 4.69) is 33.7 Å². The van der Waals surface area contributed by atoms with Crippen molar-refractivity contribution < 1.29 is 0 Å².